The molecule has 0 aliphatic heterocycles. The number of nitrogens with one attached hydrogen (secondary N) is 1. The molecule has 2 rings (SSSR count). The fourth-order valence-corrected chi connectivity index (χ4v) is 2.40. The van der Waals surface area contributed by atoms with E-state index in [0.717, 1.165) is 11.0 Å². The first-order valence-electron chi connectivity index (χ1n) is 7.45. The molecule has 0 fully saturated rings. The normalized spacial score (nSPS) is 10.1. The summed E-state index contributed by atoms with van der Waals surface area (Å²) in [6.45, 7) is -0.253. The van der Waals surface area contributed by atoms with Gasteiger partial charge in [0, 0.05) is 29.8 Å². The van der Waals surface area contributed by atoms with Crippen molar-refractivity contribution in [1.29, 1.82) is 0 Å². The van der Waals surface area contributed by atoms with E-state index in [9.17, 15) is 19.7 Å². The molecule has 2 amide bonds. The molecule has 0 aliphatic carbocycles. The van der Waals surface area contributed by atoms with Crippen LogP contribution in [-0.4, -0.2) is 42.3 Å². The molecule has 2 aromatic carbocycles. The molecular weight excluding hydrogens is 362 g/mol. The number of hydrogen-bond acceptors (Lipinski definition) is 5. The van der Waals surface area contributed by atoms with Crippen LogP contribution >= 0.6 is 11.6 Å². The van der Waals surface area contributed by atoms with Gasteiger partial charge in [0.1, 0.15) is 5.75 Å². The molecule has 0 saturated heterocycles. The maximum atomic E-state index is 12.4. The summed E-state index contributed by atoms with van der Waals surface area (Å²) in [5.74, 6) is -0.552. The zero-order valence-electron chi connectivity index (χ0n) is 14.1. The second-order valence-corrected chi connectivity index (χ2v) is 5.80. The van der Waals surface area contributed by atoms with Gasteiger partial charge in [-0.15, -0.1) is 0 Å². The summed E-state index contributed by atoms with van der Waals surface area (Å²) >= 11 is 5.91. The number of likely N-dealkylation sites (N-methyl/N-ethyl adjacent to an activating group) is 1. The molecule has 0 heterocycles. The number of benzene rings is 2. The zero-order chi connectivity index (χ0) is 19.3. The van der Waals surface area contributed by atoms with Gasteiger partial charge in [-0.1, -0.05) is 17.7 Å². The number of halogens is 1. The molecule has 9 heteroatoms. The number of rotatable bonds is 6. The summed E-state index contributed by atoms with van der Waals surface area (Å²) in [5.41, 5.74) is 0.299. The van der Waals surface area contributed by atoms with Crippen molar-refractivity contribution in [2.24, 2.45) is 0 Å². The second kappa shape index (κ2) is 8.30. The fourth-order valence-electron chi connectivity index (χ4n) is 2.23. The van der Waals surface area contributed by atoms with Gasteiger partial charge in [-0.3, -0.25) is 19.7 Å². The van der Waals surface area contributed by atoms with E-state index in [-0.39, 0.29) is 17.8 Å². The molecule has 0 spiro atoms. The molecule has 0 bridgehead atoms. The van der Waals surface area contributed by atoms with Gasteiger partial charge < -0.3 is 15.0 Å². The van der Waals surface area contributed by atoms with E-state index in [1.54, 1.807) is 12.1 Å². The number of non-ortho nitro benzene ring substituents is 1. The maximum Gasteiger partial charge on any atom is 0.270 e. The number of nitrogens with zero attached hydrogens (tertiary/aromatic N) is 2. The van der Waals surface area contributed by atoms with Gasteiger partial charge in [0.2, 0.25) is 5.91 Å². The standard InChI is InChI=1S/C17H16ClN3O5/c1-20(17(23)11-4-3-5-13(8-11)21(24)25)10-16(22)19-14-9-12(18)6-7-15(14)26-2/h3-9H,10H2,1-2H3,(H,19,22). The van der Waals surface area contributed by atoms with E-state index in [2.05, 4.69) is 5.32 Å². The summed E-state index contributed by atoms with van der Waals surface area (Å²) in [4.78, 5) is 35.9. The average molecular weight is 378 g/mol. The highest BCUT2D eigenvalue weighted by Gasteiger charge is 2.18. The van der Waals surface area contributed by atoms with Crippen molar-refractivity contribution in [3.63, 3.8) is 0 Å². The predicted octanol–water partition coefficient (Wildman–Crippen LogP) is 2.97. The Morgan fingerprint density at radius 3 is 2.65 bits per heavy atom. The number of ether oxygens (including phenoxy) is 1. The Kier molecular flexibility index (Phi) is 6.13. The van der Waals surface area contributed by atoms with Crippen LogP contribution in [0.2, 0.25) is 5.02 Å². The van der Waals surface area contributed by atoms with Crippen molar-refractivity contribution >= 4 is 34.8 Å². The quantitative estimate of drug-likeness (QED) is 0.616. The van der Waals surface area contributed by atoms with Gasteiger partial charge in [0.15, 0.2) is 0 Å². The predicted molar refractivity (Wildman–Crippen MR) is 96.7 cm³/mol. The van der Waals surface area contributed by atoms with Crippen LogP contribution in [0.25, 0.3) is 0 Å². The van der Waals surface area contributed by atoms with E-state index in [0.29, 0.717) is 16.5 Å². The summed E-state index contributed by atoms with van der Waals surface area (Å²) in [7, 11) is 2.88. The van der Waals surface area contributed by atoms with Gasteiger partial charge >= 0.3 is 0 Å². The van der Waals surface area contributed by atoms with Crippen molar-refractivity contribution in [3.05, 3.63) is 63.2 Å². The molecule has 8 nitrogen and oxygen atoms in total. The Balaban J connectivity index is 2.07. The SMILES string of the molecule is COc1ccc(Cl)cc1NC(=O)CN(C)C(=O)c1cccc([N+](=O)[O-])c1. The lowest BCUT2D eigenvalue weighted by atomic mass is 10.2. The summed E-state index contributed by atoms with van der Waals surface area (Å²) in [5, 5.41) is 13.8. The molecule has 0 aliphatic rings. The van der Waals surface area contributed by atoms with Crippen molar-refractivity contribution in [3.8, 4) is 5.75 Å². The summed E-state index contributed by atoms with van der Waals surface area (Å²) in [6, 6.07) is 10.1. The molecule has 1 N–H and O–H groups in total. The first-order valence-corrected chi connectivity index (χ1v) is 7.83. The number of nitro groups is 1. The number of amides is 2. The average Bonchev–Trinajstić information content (AvgIpc) is 2.61. The fraction of sp³-hybridized carbons (Fsp3) is 0.176. The highest BCUT2D eigenvalue weighted by Crippen LogP contribution is 2.27. The van der Waals surface area contributed by atoms with Gasteiger partial charge in [-0.2, -0.15) is 0 Å². The Morgan fingerprint density at radius 2 is 2.00 bits per heavy atom. The minimum absolute atomic E-state index is 0.120. The highest BCUT2D eigenvalue weighted by molar-refractivity contribution is 6.31. The molecular formula is C17H16ClN3O5. The first kappa shape index (κ1) is 19.2. The first-order chi connectivity index (χ1) is 12.3. The smallest absolute Gasteiger partial charge is 0.270 e. The number of carbonyl (C=O) groups is 2. The van der Waals surface area contributed by atoms with Crippen LogP contribution in [0.3, 0.4) is 0 Å². The van der Waals surface area contributed by atoms with Crippen molar-refractivity contribution < 1.29 is 19.2 Å². The van der Waals surface area contributed by atoms with E-state index in [1.165, 1.54) is 38.4 Å². The Labute approximate surface area is 154 Å². The lowest BCUT2D eigenvalue weighted by Crippen LogP contribution is -2.35. The monoisotopic (exact) mass is 377 g/mol. The van der Waals surface area contributed by atoms with Crippen molar-refractivity contribution in [1.82, 2.24) is 4.90 Å². The molecule has 0 unspecified atom stereocenters. The highest BCUT2D eigenvalue weighted by atomic mass is 35.5. The molecule has 0 aromatic heterocycles. The molecule has 0 saturated carbocycles. The lowest BCUT2D eigenvalue weighted by molar-refractivity contribution is -0.384. The summed E-state index contributed by atoms with van der Waals surface area (Å²) in [6.07, 6.45) is 0. The lowest BCUT2D eigenvalue weighted by Gasteiger charge is -2.17. The zero-order valence-corrected chi connectivity index (χ0v) is 14.8. The number of nitro benzene ring substituents is 1. The van der Waals surface area contributed by atoms with Crippen LogP contribution in [0, 0.1) is 10.1 Å². The number of hydrogen-bond donors (Lipinski definition) is 1. The minimum atomic E-state index is -0.588. The van der Waals surface area contributed by atoms with Crippen molar-refractivity contribution in [2.75, 3.05) is 26.0 Å². The largest absolute Gasteiger partial charge is 0.495 e. The van der Waals surface area contributed by atoms with E-state index in [1.807, 2.05) is 0 Å². The third kappa shape index (κ3) is 4.70. The number of carbonyl (C=O) groups excluding carboxylic acids is 2. The van der Waals surface area contributed by atoms with Crippen LogP contribution in [0.1, 0.15) is 10.4 Å². The Hall–Kier alpha value is -3.13. The van der Waals surface area contributed by atoms with Gasteiger partial charge in [0.05, 0.1) is 24.3 Å². The number of anilines is 1. The summed E-state index contributed by atoms with van der Waals surface area (Å²) < 4.78 is 5.14. The molecule has 0 radical (unpaired) electrons. The van der Waals surface area contributed by atoms with E-state index in [4.69, 9.17) is 16.3 Å². The molecule has 136 valence electrons. The van der Waals surface area contributed by atoms with Crippen LogP contribution in [0.15, 0.2) is 42.5 Å². The van der Waals surface area contributed by atoms with Gasteiger partial charge in [-0.05, 0) is 24.3 Å². The number of methoxy groups -OCH3 is 1. The Bertz CT molecular complexity index is 856. The van der Waals surface area contributed by atoms with Gasteiger partial charge in [-0.25, -0.2) is 0 Å². The van der Waals surface area contributed by atoms with Crippen LogP contribution in [0.5, 0.6) is 5.75 Å². The molecule has 0 atom stereocenters. The van der Waals surface area contributed by atoms with Crippen LogP contribution in [-0.2, 0) is 4.79 Å². The van der Waals surface area contributed by atoms with Crippen molar-refractivity contribution in [2.45, 2.75) is 0 Å². The third-order valence-corrected chi connectivity index (χ3v) is 3.70. The van der Waals surface area contributed by atoms with Crippen LogP contribution < -0.4 is 10.1 Å². The van der Waals surface area contributed by atoms with E-state index >= 15 is 0 Å². The third-order valence-electron chi connectivity index (χ3n) is 3.47. The topological polar surface area (TPSA) is 102 Å². The van der Waals surface area contributed by atoms with Gasteiger partial charge in [0.25, 0.3) is 11.6 Å². The maximum absolute atomic E-state index is 12.4. The molecule has 26 heavy (non-hydrogen) atoms. The molecule has 2 aromatic rings. The van der Waals surface area contributed by atoms with Crippen LogP contribution in [0.4, 0.5) is 11.4 Å². The minimum Gasteiger partial charge on any atom is -0.495 e. The Morgan fingerprint density at radius 1 is 1.27 bits per heavy atom. The van der Waals surface area contributed by atoms with E-state index < -0.39 is 16.7 Å². The second-order valence-electron chi connectivity index (χ2n) is 5.36.